The van der Waals surface area contributed by atoms with E-state index in [1.54, 1.807) is 0 Å². The first-order valence-corrected chi connectivity index (χ1v) is 11.9. The SMILES string of the molecule is N#CC1(NC(=O)[C@@H]2CC[C@@H](S(=O)(=O)c3ccc(N4CCC(F)(F)C4)cc3Cl)C2)CC1. The molecule has 1 saturated heterocycles. The topological polar surface area (TPSA) is 90.3 Å². The van der Waals surface area contributed by atoms with Gasteiger partial charge in [0.15, 0.2) is 9.84 Å². The largest absolute Gasteiger partial charge is 0.365 e. The van der Waals surface area contributed by atoms with Crippen molar-refractivity contribution in [2.75, 3.05) is 18.0 Å². The van der Waals surface area contributed by atoms with Crippen molar-refractivity contribution in [3.63, 3.8) is 0 Å². The highest BCUT2D eigenvalue weighted by Gasteiger charge is 2.47. The Kier molecular flexibility index (Phi) is 5.22. The molecule has 162 valence electrons. The van der Waals surface area contributed by atoms with Crippen LogP contribution in [0.4, 0.5) is 14.5 Å². The second-order valence-corrected chi connectivity index (χ2v) is 11.1. The van der Waals surface area contributed by atoms with Crippen molar-refractivity contribution in [3.8, 4) is 6.07 Å². The predicted octanol–water partition coefficient (Wildman–Crippen LogP) is 3.30. The van der Waals surface area contributed by atoms with E-state index in [1.807, 2.05) is 0 Å². The van der Waals surface area contributed by atoms with Gasteiger partial charge in [-0.3, -0.25) is 4.79 Å². The standard InChI is InChI=1S/C20H22ClF2N3O3S/c21-16-10-14(26-8-7-20(22,23)12-26)2-4-17(16)30(28,29)15-3-1-13(9-15)18(27)25-19(11-24)5-6-19/h2,4,10,13,15H,1,3,5-9,12H2,(H,25,27)/t13-,15-/m1/s1. The summed E-state index contributed by atoms with van der Waals surface area (Å²) in [7, 11) is -3.78. The Labute approximate surface area is 179 Å². The van der Waals surface area contributed by atoms with E-state index < -0.39 is 39.0 Å². The van der Waals surface area contributed by atoms with Crippen LogP contribution in [0.2, 0.25) is 5.02 Å². The summed E-state index contributed by atoms with van der Waals surface area (Å²) in [5.41, 5.74) is -0.314. The highest BCUT2D eigenvalue weighted by atomic mass is 35.5. The van der Waals surface area contributed by atoms with Crippen molar-refractivity contribution in [1.82, 2.24) is 5.32 Å². The number of sulfone groups is 1. The zero-order valence-corrected chi connectivity index (χ0v) is 17.8. The maximum Gasteiger partial charge on any atom is 0.266 e. The van der Waals surface area contributed by atoms with Crippen LogP contribution in [0.1, 0.15) is 38.5 Å². The molecule has 0 spiro atoms. The van der Waals surface area contributed by atoms with Gasteiger partial charge in [-0.2, -0.15) is 5.26 Å². The van der Waals surface area contributed by atoms with E-state index in [0.717, 1.165) is 0 Å². The van der Waals surface area contributed by atoms with Gasteiger partial charge in [-0.05, 0) is 50.3 Å². The van der Waals surface area contributed by atoms with Crippen LogP contribution in [0.5, 0.6) is 0 Å². The number of rotatable bonds is 5. The minimum Gasteiger partial charge on any atom is -0.365 e. The molecule has 2 saturated carbocycles. The van der Waals surface area contributed by atoms with E-state index in [9.17, 15) is 22.0 Å². The molecule has 2 aliphatic carbocycles. The molecule has 3 aliphatic rings. The molecule has 4 rings (SSSR count). The monoisotopic (exact) mass is 457 g/mol. The number of carbonyl (C=O) groups excluding carboxylic acids is 1. The van der Waals surface area contributed by atoms with Crippen LogP contribution in [0, 0.1) is 17.2 Å². The summed E-state index contributed by atoms with van der Waals surface area (Å²) in [4.78, 5) is 13.9. The summed E-state index contributed by atoms with van der Waals surface area (Å²) >= 11 is 6.25. The highest BCUT2D eigenvalue weighted by molar-refractivity contribution is 7.92. The van der Waals surface area contributed by atoms with Crippen molar-refractivity contribution in [2.45, 2.75) is 60.1 Å². The van der Waals surface area contributed by atoms with Gasteiger partial charge in [-0.25, -0.2) is 17.2 Å². The van der Waals surface area contributed by atoms with Gasteiger partial charge in [0.25, 0.3) is 5.92 Å². The molecule has 0 bridgehead atoms. The number of nitrogens with one attached hydrogen (secondary N) is 1. The number of hydrogen-bond donors (Lipinski definition) is 1. The van der Waals surface area contributed by atoms with Gasteiger partial charge < -0.3 is 10.2 Å². The summed E-state index contributed by atoms with van der Waals surface area (Å²) in [5, 5.41) is 11.1. The molecule has 6 nitrogen and oxygen atoms in total. The molecule has 10 heteroatoms. The van der Waals surface area contributed by atoms with E-state index in [2.05, 4.69) is 11.4 Å². The Balaban J connectivity index is 1.46. The van der Waals surface area contributed by atoms with Crippen molar-refractivity contribution < 1.29 is 22.0 Å². The minimum absolute atomic E-state index is 0.00275. The van der Waals surface area contributed by atoms with E-state index in [4.69, 9.17) is 16.9 Å². The van der Waals surface area contributed by atoms with Crippen molar-refractivity contribution in [3.05, 3.63) is 23.2 Å². The quantitative estimate of drug-likeness (QED) is 0.732. The van der Waals surface area contributed by atoms with Crippen molar-refractivity contribution >= 4 is 33.0 Å². The minimum atomic E-state index is -3.78. The first-order valence-electron chi connectivity index (χ1n) is 9.95. The number of anilines is 1. The summed E-state index contributed by atoms with van der Waals surface area (Å²) < 4.78 is 53.1. The lowest BCUT2D eigenvalue weighted by Gasteiger charge is -2.20. The fraction of sp³-hybridized carbons (Fsp3) is 0.600. The summed E-state index contributed by atoms with van der Waals surface area (Å²) in [6.45, 7) is -0.238. The molecule has 1 aromatic rings. The molecule has 2 atom stereocenters. The Hall–Kier alpha value is -1.92. The fourth-order valence-electron chi connectivity index (χ4n) is 4.24. The average Bonchev–Trinajstić information content (AvgIpc) is 3.11. The van der Waals surface area contributed by atoms with Gasteiger partial charge in [0.05, 0.1) is 27.8 Å². The number of hydrogen-bond acceptors (Lipinski definition) is 5. The summed E-state index contributed by atoms with van der Waals surface area (Å²) in [6, 6.07) is 6.38. The fourth-order valence-corrected chi connectivity index (χ4v) is 6.62. The Morgan fingerprint density at radius 3 is 2.57 bits per heavy atom. The van der Waals surface area contributed by atoms with Crippen LogP contribution in [0.25, 0.3) is 0 Å². The summed E-state index contributed by atoms with van der Waals surface area (Å²) in [6.07, 6.45) is 1.92. The van der Waals surface area contributed by atoms with Crippen molar-refractivity contribution in [1.29, 1.82) is 5.26 Å². The molecular weight excluding hydrogens is 436 g/mol. The zero-order chi connectivity index (χ0) is 21.7. The van der Waals surface area contributed by atoms with Gasteiger partial charge in [0.1, 0.15) is 5.54 Å². The Bertz CT molecular complexity index is 1020. The molecule has 0 radical (unpaired) electrons. The second-order valence-electron chi connectivity index (χ2n) is 8.50. The van der Waals surface area contributed by atoms with Crippen LogP contribution in [0.3, 0.4) is 0 Å². The van der Waals surface area contributed by atoms with E-state index in [-0.39, 0.29) is 35.2 Å². The first kappa shape index (κ1) is 21.3. The Morgan fingerprint density at radius 2 is 2.00 bits per heavy atom. The lowest BCUT2D eigenvalue weighted by molar-refractivity contribution is -0.125. The number of nitriles is 1. The molecule has 1 heterocycles. The van der Waals surface area contributed by atoms with Crippen LogP contribution in [-0.2, 0) is 14.6 Å². The number of nitrogens with zero attached hydrogens (tertiary/aromatic N) is 2. The first-order chi connectivity index (χ1) is 14.1. The number of benzene rings is 1. The molecule has 3 fully saturated rings. The van der Waals surface area contributed by atoms with E-state index in [0.29, 0.717) is 31.4 Å². The number of amides is 1. The average molecular weight is 458 g/mol. The van der Waals surface area contributed by atoms with Gasteiger partial charge >= 0.3 is 0 Å². The van der Waals surface area contributed by atoms with Crippen LogP contribution >= 0.6 is 11.6 Å². The van der Waals surface area contributed by atoms with Crippen LogP contribution in [-0.4, -0.2) is 44.1 Å². The van der Waals surface area contributed by atoms with Gasteiger partial charge in [-0.1, -0.05) is 11.6 Å². The van der Waals surface area contributed by atoms with Crippen LogP contribution < -0.4 is 10.2 Å². The maximum absolute atomic E-state index is 13.5. The molecule has 0 aromatic heterocycles. The molecule has 30 heavy (non-hydrogen) atoms. The van der Waals surface area contributed by atoms with Gasteiger partial charge in [0, 0.05) is 24.6 Å². The second kappa shape index (κ2) is 7.34. The Morgan fingerprint density at radius 1 is 1.27 bits per heavy atom. The molecule has 1 amide bonds. The normalized spacial score (nSPS) is 26.9. The van der Waals surface area contributed by atoms with Crippen molar-refractivity contribution in [2.24, 2.45) is 5.92 Å². The third kappa shape index (κ3) is 4.00. The number of carbonyl (C=O) groups is 1. The van der Waals surface area contributed by atoms with Gasteiger partial charge in [-0.15, -0.1) is 0 Å². The lowest BCUT2D eigenvalue weighted by Crippen LogP contribution is -2.39. The lowest BCUT2D eigenvalue weighted by atomic mass is 10.1. The van der Waals surface area contributed by atoms with Crippen LogP contribution in [0.15, 0.2) is 23.1 Å². The predicted molar refractivity (Wildman–Crippen MR) is 107 cm³/mol. The highest BCUT2D eigenvalue weighted by Crippen LogP contribution is 2.40. The zero-order valence-electron chi connectivity index (χ0n) is 16.2. The maximum atomic E-state index is 13.5. The number of alkyl halides is 2. The third-order valence-electron chi connectivity index (χ3n) is 6.28. The molecule has 0 unspecified atom stereocenters. The third-order valence-corrected chi connectivity index (χ3v) is 8.98. The van der Waals surface area contributed by atoms with E-state index >= 15 is 0 Å². The smallest absolute Gasteiger partial charge is 0.266 e. The van der Waals surface area contributed by atoms with Gasteiger partial charge in [0.2, 0.25) is 5.91 Å². The molecule has 1 aromatic carbocycles. The summed E-state index contributed by atoms with van der Waals surface area (Å²) in [5.74, 6) is -3.50. The molecular formula is C20H22ClF2N3O3S. The molecule has 1 N–H and O–H groups in total. The van der Waals surface area contributed by atoms with E-state index in [1.165, 1.54) is 23.1 Å². The number of halogens is 3. The molecule has 1 aliphatic heterocycles.